The molecule has 12 aromatic carbocycles. The predicted molar refractivity (Wildman–Crippen MR) is 218 cm³/mol. The molecule has 0 heterocycles. The van der Waals surface area contributed by atoms with E-state index in [-0.39, 0.29) is 0 Å². The van der Waals surface area contributed by atoms with E-state index in [0.717, 1.165) is 5.39 Å². The van der Waals surface area contributed by atoms with Crippen LogP contribution in [0.25, 0.3) is 118 Å². The van der Waals surface area contributed by atoms with E-state index < -0.39 is 0 Å². The molecule has 0 fully saturated rings. The molecule has 0 aliphatic carbocycles. The minimum atomic E-state index is 1.16. The number of hydrogen-bond acceptors (Lipinski definition) is 0. The van der Waals surface area contributed by atoms with Crippen LogP contribution in [-0.2, 0) is 0 Å². The highest BCUT2D eigenvalue weighted by Gasteiger charge is 2.10. The quantitative estimate of drug-likeness (QED) is 0.116. The monoisotopic (exact) mass is 627 g/mol. The second kappa shape index (κ2) is 9.56. The van der Waals surface area contributed by atoms with Gasteiger partial charge in [-0.3, -0.25) is 0 Å². The van der Waals surface area contributed by atoms with Crippen LogP contribution in [0.5, 0.6) is 0 Å². The van der Waals surface area contributed by atoms with Gasteiger partial charge in [0.15, 0.2) is 0 Å². The average Bonchev–Trinajstić information content (AvgIpc) is 3.13. The van der Waals surface area contributed by atoms with Crippen molar-refractivity contribution in [3.8, 4) is 0 Å². The molecule has 12 aromatic rings. The van der Waals surface area contributed by atoms with Crippen molar-refractivity contribution in [2.45, 2.75) is 0 Å². The summed E-state index contributed by atoms with van der Waals surface area (Å²) < 4.78 is 0. The normalized spacial score (nSPS) is 12.4. The zero-order valence-electron chi connectivity index (χ0n) is 27.1. The van der Waals surface area contributed by atoms with Gasteiger partial charge < -0.3 is 0 Å². The average molecular weight is 628 g/mol. The van der Waals surface area contributed by atoms with E-state index in [0.29, 0.717) is 0 Å². The van der Waals surface area contributed by atoms with Crippen LogP contribution in [0.1, 0.15) is 0 Å². The Morgan fingerprint density at radius 1 is 0.220 bits per heavy atom. The molecule has 0 bridgehead atoms. The van der Waals surface area contributed by atoms with Crippen molar-refractivity contribution < 1.29 is 0 Å². The smallest absolute Gasteiger partial charge is 0.00988 e. The van der Waals surface area contributed by atoms with Crippen LogP contribution in [0.15, 0.2) is 164 Å². The Kier molecular flexibility index (Phi) is 5.06. The number of hydrogen-bond donors (Lipinski definition) is 0. The third kappa shape index (κ3) is 3.88. The van der Waals surface area contributed by atoms with Gasteiger partial charge in [-0.15, -0.1) is 0 Å². The molecule has 0 aliphatic rings. The van der Waals surface area contributed by atoms with Gasteiger partial charge in [0.25, 0.3) is 0 Å². The molecule has 0 heteroatoms. The summed E-state index contributed by atoms with van der Waals surface area (Å²) in [7, 11) is 0. The van der Waals surface area contributed by atoms with Crippen LogP contribution in [0.2, 0.25) is 0 Å². The third-order valence-electron chi connectivity index (χ3n) is 11.2. The molecule has 1 radical (unpaired) electrons. The summed E-state index contributed by atoms with van der Waals surface area (Å²) in [6.45, 7) is 0. The van der Waals surface area contributed by atoms with Crippen molar-refractivity contribution in [3.05, 3.63) is 170 Å². The van der Waals surface area contributed by atoms with Gasteiger partial charge in [-0.25, -0.2) is 0 Å². The first kappa shape index (κ1) is 26.5. The molecule has 227 valence electrons. The molecule has 0 N–H and O–H groups in total. The van der Waals surface area contributed by atoms with Crippen LogP contribution in [0.3, 0.4) is 0 Å². The van der Waals surface area contributed by atoms with E-state index >= 15 is 0 Å². The molecule has 0 saturated heterocycles. The summed E-state index contributed by atoms with van der Waals surface area (Å²) in [4.78, 5) is 0. The Morgan fingerprint density at radius 3 is 0.940 bits per heavy atom. The van der Waals surface area contributed by atoms with E-state index in [1.165, 1.54) is 113 Å². The third-order valence-corrected chi connectivity index (χ3v) is 11.2. The van der Waals surface area contributed by atoms with Crippen molar-refractivity contribution in [1.82, 2.24) is 0 Å². The fourth-order valence-electron chi connectivity index (χ4n) is 8.63. The van der Waals surface area contributed by atoms with Gasteiger partial charge in [0.05, 0.1) is 0 Å². The zero-order chi connectivity index (χ0) is 32.5. The Bertz CT molecular complexity index is 3430. The molecule has 0 amide bonds. The van der Waals surface area contributed by atoms with E-state index in [1.54, 1.807) is 0 Å². The fourth-order valence-corrected chi connectivity index (χ4v) is 8.63. The van der Waals surface area contributed by atoms with E-state index in [2.05, 4.69) is 164 Å². The topological polar surface area (TPSA) is 0 Å². The van der Waals surface area contributed by atoms with E-state index in [9.17, 15) is 0 Å². The van der Waals surface area contributed by atoms with Gasteiger partial charge in [-0.2, -0.15) is 0 Å². The van der Waals surface area contributed by atoms with Crippen LogP contribution >= 0.6 is 0 Å². The molecule has 0 aromatic heterocycles. The minimum absolute atomic E-state index is 1.16. The highest BCUT2D eigenvalue weighted by atomic mass is 14.1. The van der Waals surface area contributed by atoms with Gasteiger partial charge in [0.1, 0.15) is 0 Å². The van der Waals surface area contributed by atoms with E-state index in [4.69, 9.17) is 0 Å². The lowest BCUT2D eigenvalue weighted by Crippen LogP contribution is -1.84. The maximum absolute atomic E-state index is 3.40. The first-order chi connectivity index (χ1) is 24.6. The number of fused-ring (bicyclic) bond motifs is 12. The highest BCUT2D eigenvalue weighted by molar-refractivity contribution is 6.19. The van der Waals surface area contributed by atoms with Crippen molar-refractivity contribution in [2.75, 3.05) is 0 Å². The minimum Gasteiger partial charge on any atom is -0.0616 e. The molecule has 0 nitrogen and oxygen atoms in total. The van der Waals surface area contributed by atoms with Gasteiger partial charge in [-0.1, -0.05) is 54.6 Å². The van der Waals surface area contributed by atoms with Crippen molar-refractivity contribution >= 4 is 118 Å². The molecule has 12 rings (SSSR count). The van der Waals surface area contributed by atoms with Crippen molar-refractivity contribution in [2.24, 2.45) is 0 Å². The van der Waals surface area contributed by atoms with Gasteiger partial charge in [0, 0.05) is 0 Å². The summed E-state index contributed by atoms with van der Waals surface area (Å²) in [6.07, 6.45) is 0. The van der Waals surface area contributed by atoms with Gasteiger partial charge in [0.2, 0.25) is 0 Å². The Balaban J connectivity index is 1.04. The van der Waals surface area contributed by atoms with Crippen LogP contribution in [-0.4, -0.2) is 0 Å². The molecule has 0 aliphatic heterocycles. The largest absolute Gasteiger partial charge is 0.0616 e. The first-order valence-electron chi connectivity index (χ1n) is 17.4. The second-order valence-electron chi connectivity index (χ2n) is 14.2. The number of rotatable bonds is 0. The molecule has 0 saturated carbocycles. The summed E-state index contributed by atoms with van der Waals surface area (Å²) in [5, 5.41) is 28.0. The van der Waals surface area contributed by atoms with Crippen LogP contribution < -0.4 is 0 Å². The molecular weight excluding hydrogens is 601 g/mol. The standard InChI is InChI=1S/C50H27/c1-2-7-31-13-37-19-43-24-46-26-48-28-50-34(16-40(48)22-44(46)23-42(43)18-36(37)12-30(31)6-1)10-9-33-15-39-21-41-17-35-11-29-5-3-4-8-32(29)14-38(35)20-45(41)25-47(39)27-49(33)50/h1-7,9-28H. The summed E-state index contributed by atoms with van der Waals surface area (Å²) in [5.74, 6) is 0. The summed E-state index contributed by atoms with van der Waals surface area (Å²) >= 11 is 0. The lowest BCUT2D eigenvalue weighted by Gasteiger charge is -2.11. The number of benzene rings is 12. The summed E-state index contributed by atoms with van der Waals surface area (Å²) in [5.41, 5.74) is 0. The zero-order valence-corrected chi connectivity index (χ0v) is 27.1. The van der Waals surface area contributed by atoms with Crippen LogP contribution in [0, 0.1) is 6.07 Å². The predicted octanol–water partition coefficient (Wildman–Crippen LogP) is 14.2. The Morgan fingerprint density at radius 2 is 0.520 bits per heavy atom. The molecule has 0 unspecified atom stereocenters. The lowest BCUT2D eigenvalue weighted by molar-refractivity contribution is 1.78. The summed E-state index contributed by atoms with van der Waals surface area (Å²) in [6, 6.07) is 65.2. The second-order valence-corrected chi connectivity index (χ2v) is 14.2. The fraction of sp³-hybridized carbons (Fsp3) is 0. The van der Waals surface area contributed by atoms with Crippen molar-refractivity contribution in [3.63, 3.8) is 0 Å². The molecular formula is C50H27. The lowest BCUT2D eigenvalue weighted by atomic mass is 9.92. The molecule has 0 spiro atoms. The highest BCUT2D eigenvalue weighted by Crippen LogP contribution is 2.37. The van der Waals surface area contributed by atoms with Gasteiger partial charge >= 0.3 is 0 Å². The maximum atomic E-state index is 3.40. The van der Waals surface area contributed by atoms with Crippen molar-refractivity contribution in [1.29, 1.82) is 0 Å². The molecule has 50 heavy (non-hydrogen) atoms. The molecule has 0 atom stereocenters. The maximum Gasteiger partial charge on any atom is -0.00988 e. The SMILES string of the molecule is [c]1cccc2cc3cc4cc5cc6ccc7cc8cc9cc%10cc%11cc%12ccccc%12cc%11cc%10cc9cc8cc7c6cc5cc4cc3cc12. The van der Waals surface area contributed by atoms with Crippen LogP contribution in [0.4, 0.5) is 0 Å². The van der Waals surface area contributed by atoms with Gasteiger partial charge in [-0.05, 0) is 234 Å². The van der Waals surface area contributed by atoms with E-state index in [1.807, 2.05) is 6.07 Å². The first-order valence-corrected chi connectivity index (χ1v) is 17.4. The Labute approximate surface area is 287 Å². The Hall–Kier alpha value is -6.50.